The summed E-state index contributed by atoms with van der Waals surface area (Å²) in [6, 6.07) is -3.42. The van der Waals surface area contributed by atoms with Gasteiger partial charge in [0.2, 0.25) is 17.7 Å². The normalized spacial score (nSPS) is 20.1. The highest BCUT2D eigenvalue weighted by Crippen LogP contribution is 2.19. The number of carboxylic acids is 1. The molecule has 3 amide bonds. The largest absolute Gasteiger partial charge is 0.480 e. The van der Waals surface area contributed by atoms with E-state index in [4.69, 9.17) is 10.8 Å². The van der Waals surface area contributed by atoms with Crippen molar-refractivity contribution in [3.05, 3.63) is 0 Å². The van der Waals surface area contributed by atoms with E-state index in [0.29, 0.717) is 25.8 Å². The second-order valence-electron chi connectivity index (χ2n) is 7.24. The molecule has 1 fully saturated rings. The number of nitrogens with one attached hydrogen (secondary N) is 2. The Balaban J connectivity index is 2.84. The first kappa shape index (κ1) is 23.2. The monoisotopic (exact) mass is 402 g/mol. The van der Waals surface area contributed by atoms with Crippen LogP contribution in [0, 0.1) is 5.92 Å². The van der Waals surface area contributed by atoms with Crippen LogP contribution in [0.25, 0.3) is 0 Å². The van der Waals surface area contributed by atoms with Crippen molar-refractivity contribution in [2.45, 2.75) is 64.2 Å². The van der Waals surface area contributed by atoms with Gasteiger partial charge >= 0.3 is 5.97 Å². The van der Waals surface area contributed by atoms with Crippen molar-refractivity contribution in [3.63, 3.8) is 0 Å². The van der Waals surface area contributed by atoms with Crippen molar-refractivity contribution in [2.75, 3.05) is 12.3 Å². The van der Waals surface area contributed by atoms with E-state index in [2.05, 4.69) is 23.3 Å². The highest BCUT2D eigenvalue weighted by atomic mass is 32.1. The molecule has 1 saturated heterocycles. The molecule has 1 heterocycles. The van der Waals surface area contributed by atoms with Crippen LogP contribution in [0.5, 0.6) is 0 Å². The molecule has 4 atom stereocenters. The first-order valence-electron chi connectivity index (χ1n) is 9.08. The first-order valence-corrected chi connectivity index (χ1v) is 9.72. The Hall–Kier alpha value is -1.81. The lowest BCUT2D eigenvalue weighted by atomic mass is 10.0. The molecule has 0 aliphatic carbocycles. The van der Waals surface area contributed by atoms with Crippen LogP contribution in [-0.4, -0.2) is 70.2 Å². The number of carboxylic acid groups (broad SMARTS) is 1. The van der Waals surface area contributed by atoms with E-state index in [-0.39, 0.29) is 17.6 Å². The Labute approximate surface area is 164 Å². The first-order chi connectivity index (χ1) is 12.6. The van der Waals surface area contributed by atoms with Crippen molar-refractivity contribution in [2.24, 2.45) is 11.7 Å². The fourth-order valence-electron chi connectivity index (χ4n) is 2.94. The van der Waals surface area contributed by atoms with E-state index in [1.165, 1.54) is 11.8 Å². The number of nitrogens with two attached hydrogens (primary N) is 1. The van der Waals surface area contributed by atoms with Crippen LogP contribution < -0.4 is 16.4 Å². The number of amides is 3. The molecule has 0 aromatic heterocycles. The van der Waals surface area contributed by atoms with Crippen LogP contribution in [0.3, 0.4) is 0 Å². The Morgan fingerprint density at radius 2 is 1.85 bits per heavy atom. The van der Waals surface area contributed by atoms with Gasteiger partial charge in [0.15, 0.2) is 0 Å². The van der Waals surface area contributed by atoms with Crippen LogP contribution in [-0.2, 0) is 19.2 Å². The zero-order valence-electron chi connectivity index (χ0n) is 16.0. The Morgan fingerprint density at radius 3 is 2.37 bits per heavy atom. The zero-order chi connectivity index (χ0) is 20.7. The number of rotatable bonds is 9. The third kappa shape index (κ3) is 6.69. The third-order valence-electron chi connectivity index (χ3n) is 4.42. The van der Waals surface area contributed by atoms with E-state index in [1.54, 1.807) is 0 Å². The smallest absolute Gasteiger partial charge is 0.325 e. The predicted molar refractivity (Wildman–Crippen MR) is 103 cm³/mol. The molecule has 10 heteroatoms. The fraction of sp³-hybridized carbons (Fsp3) is 0.765. The van der Waals surface area contributed by atoms with Crippen molar-refractivity contribution >= 4 is 36.3 Å². The molecule has 154 valence electrons. The molecule has 0 spiro atoms. The maximum Gasteiger partial charge on any atom is 0.325 e. The second kappa shape index (κ2) is 10.5. The Bertz CT molecular complexity index is 572. The number of likely N-dealkylation sites (tertiary alicyclic amines) is 1. The summed E-state index contributed by atoms with van der Waals surface area (Å²) in [6.07, 6.45) is 1.50. The van der Waals surface area contributed by atoms with Gasteiger partial charge in [-0.15, -0.1) is 0 Å². The van der Waals surface area contributed by atoms with Gasteiger partial charge in [-0.05, 0) is 32.1 Å². The molecule has 27 heavy (non-hydrogen) atoms. The lowest BCUT2D eigenvalue weighted by Gasteiger charge is -2.28. The average molecular weight is 403 g/mol. The molecule has 0 aromatic rings. The minimum absolute atomic E-state index is 0.0973. The van der Waals surface area contributed by atoms with Gasteiger partial charge in [-0.25, -0.2) is 0 Å². The molecule has 1 rings (SSSR count). The molecule has 9 nitrogen and oxygen atoms in total. The quantitative estimate of drug-likeness (QED) is 0.325. The van der Waals surface area contributed by atoms with Crippen LogP contribution in [0.15, 0.2) is 0 Å². The van der Waals surface area contributed by atoms with Crippen LogP contribution in [0.4, 0.5) is 0 Å². The van der Waals surface area contributed by atoms with Gasteiger partial charge in [-0.3, -0.25) is 19.2 Å². The number of carbonyl (C=O) groups excluding carboxylic acids is 3. The molecule has 1 aliphatic rings. The molecule has 4 unspecified atom stereocenters. The summed E-state index contributed by atoms with van der Waals surface area (Å²) >= 11 is 4.02. The molecular weight excluding hydrogens is 372 g/mol. The minimum Gasteiger partial charge on any atom is -0.480 e. The lowest BCUT2D eigenvalue weighted by molar-refractivity contribution is -0.142. The highest BCUT2D eigenvalue weighted by molar-refractivity contribution is 7.80. The molecule has 0 radical (unpaired) electrons. The summed E-state index contributed by atoms with van der Waals surface area (Å²) in [6.45, 7) is 5.56. The predicted octanol–water partition coefficient (Wildman–Crippen LogP) is -0.645. The van der Waals surface area contributed by atoms with Crippen molar-refractivity contribution < 1.29 is 24.3 Å². The molecule has 1 aliphatic heterocycles. The SMILES string of the molecule is CC(C)CC(NC(=O)C1CCCN1C(=O)C(N)CS)C(=O)NC(C)C(=O)O. The summed E-state index contributed by atoms with van der Waals surface area (Å²) in [5.74, 6) is -2.22. The molecule has 0 aromatic carbocycles. The van der Waals surface area contributed by atoms with Crippen LogP contribution >= 0.6 is 12.6 Å². The van der Waals surface area contributed by atoms with Crippen LogP contribution in [0.1, 0.15) is 40.0 Å². The lowest BCUT2D eigenvalue weighted by Crippen LogP contribution is -2.56. The van der Waals surface area contributed by atoms with Gasteiger partial charge < -0.3 is 26.4 Å². The standard InChI is InChI=1S/C17H30N4O5S/c1-9(2)7-12(14(22)19-10(3)17(25)26)20-15(23)13-5-4-6-21(13)16(24)11(18)8-27/h9-13,27H,4-8,18H2,1-3H3,(H,19,22)(H,20,23)(H,25,26). The number of aliphatic carboxylic acids is 1. The fourth-order valence-corrected chi connectivity index (χ4v) is 3.10. The number of nitrogens with zero attached hydrogens (tertiary/aromatic N) is 1. The molecular formula is C17H30N4O5S. The zero-order valence-corrected chi connectivity index (χ0v) is 16.9. The number of hydrogen-bond acceptors (Lipinski definition) is 6. The second-order valence-corrected chi connectivity index (χ2v) is 7.60. The number of thiol groups is 1. The minimum atomic E-state index is -1.16. The number of hydrogen-bond donors (Lipinski definition) is 5. The maximum atomic E-state index is 12.7. The highest BCUT2D eigenvalue weighted by Gasteiger charge is 2.37. The average Bonchev–Trinajstić information content (AvgIpc) is 3.08. The van der Waals surface area contributed by atoms with Gasteiger partial charge in [0.1, 0.15) is 18.1 Å². The van der Waals surface area contributed by atoms with Crippen LogP contribution in [0.2, 0.25) is 0 Å². The van der Waals surface area contributed by atoms with Crippen molar-refractivity contribution in [1.82, 2.24) is 15.5 Å². The van der Waals surface area contributed by atoms with E-state index in [9.17, 15) is 19.2 Å². The van der Waals surface area contributed by atoms with E-state index in [1.807, 2.05) is 13.8 Å². The summed E-state index contributed by atoms with van der Waals surface area (Å²) in [5, 5.41) is 14.0. The molecule has 0 bridgehead atoms. The molecule has 5 N–H and O–H groups in total. The molecule has 0 saturated carbocycles. The topological polar surface area (TPSA) is 142 Å². The summed E-state index contributed by atoms with van der Waals surface area (Å²) in [7, 11) is 0. The summed E-state index contributed by atoms with van der Waals surface area (Å²) in [4.78, 5) is 49.9. The van der Waals surface area contributed by atoms with E-state index in [0.717, 1.165) is 0 Å². The van der Waals surface area contributed by atoms with Gasteiger partial charge in [-0.2, -0.15) is 12.6 Å². The van der Waals surface area contributed by atoms with Gasteiger partial charge in [0, 0.05) is 12.3 Å². The Morgan fingerprint density at radius 1 is 1.22 bits per heavy atom. The summed E-state index contributed by atoms with van der Waals surface area (Å²) < 4.78 is 0. The Kier molecular flexibility index (Phi) is 9.04. The van der Waals surface area contributed by atoms with Gasteiger partial charge in [0.25, 0.3) is 0 Å². The third-order valence-corrected chi connectivity index (χ3v) is 4.82. The van der Waals surface area contributed by atoms with Crippen molar-refractivity contribution in [1.29, 1.82) is 0 Å². The van der Waals surface area contributed by atoms with E-state index < -0.39 is 42.0 Å². The maximum absolute atomic E-state index is 12.7. The summed E-state index contributed by atoms with van der Waals surface area (Å²) in [5.41, 5.74) is 5.74. The van der Waals surface area contributed by atoms with E-state index >= 15 is 0 Å². The van der Waals surface area contributed by atoms with Gasteiger partial charge in [0.05, 0.1) is 6.04 Å². The van der Waals surface area contributed by atoms with Gasteiger partial charge in [-0.1, -0.05) is 13.8 Å². The number of carbonyl (C=O) groups is 4. The van der Waals surface area contributed by atoms with Crippen molar-refractivity contribution in [3.8, 4) is 0 Å².